The van der Waals surface area contributed by atoms with E-state index in [0.29, 0.717) is 35.4 Å². The van der Waals surface area contributed by atoms with Gasteiger partial charge in [-0.15, -0.1) is 0 Å². The first kappa shape index (κ1) is 26.2. The van der Waals surface area contributed by atoms with Crippen LogP contribution in [0.1, 0.15) is 18.4 Å². The van der Waals surface area contributed by atoms with Gasteiger partial charge in [0.15, 0.2) is 5.69 Å². The number of amides is 1. The van der Waals surface area contributed by atoms with E-state index in [1.165, 1.54) is 12.0 Å². The Balaban J connectivity index is 1.65. The van der Waals surface area contributed by atoms with Crippen molar-refractivity contribution in [2.45, 2.75) is 19.8 Å². The smallest absolute Gasteiger partial charge is 0.413 e. The van der Waals surface area contributed by atoms with Gasteiger partial charge in [-0.3, -0.25) is 9.30 Å². The fourth-order valence-electron chi connectivity index (χ4n) is 5.19. The number of aromatic nitrogens is 3. The predicted octanol–water partition coefficient (Wildman–Crippen LogP) is 5.85. The van der Waals surface area contributed by atoms with E-state index in [4.69, 9.17) is 21.0 Å². The number of likely N-dealkylation sites (tertiary alicyclic amines) is 1. The number of imidazole rings is 1. The van der Waals surface area contributed by atoms with Gasteiger partial charge < -0.3 is 14.4 Å². The summed E-state index contributed by atoms with van der Waals surface area (Å²) in [5, 5.41) is 0. The highest BCUT2D eigenvalue weighted by Gasteiger charge is 2.23. The van der Waals surface area contributed by atoms with E-state index >= 15 is 0 Å². The number of methoxy groups -OCH3 is 1. The summed E-state index contributed by atoms with van der Waals surface area (Å²) in [5.41, 5.74) is 6.04. The third-order valence-electron chi connectivity index (χ3n) is 7.25. The Morgan fingerprint density at radius 1 is 1.21 bits per heavy atom. The van der Waals surface area contributed by atoms with Crippen LogP contribution < -0.4 is 9.64 Å². The summed E-state index contributed by atoms with van der Waals surface area (Å²) in [6.45, 7) is 12.0. The largest absolute Gasteiger partial charge is 0.475 e. The van der Waals surface area contributed by atoms with Gasteiger partial charge in [-0.25, -0.2) is 19.6 Å². The molecule has 9 heteroatoms. The number of fused-ring (bicyclic) bond motifs is 1. The average Bonchev–Trinajstić information content (AvgIpc) is 3.45. The molecule has 5 rings (SSSR count). The zero-order chi connectivity index (χ0) is 27.5. The Hall–Kier alpha value is -4.42. The number of rotatable bonds is 6. The van der Waals surface area contributed by atoms with Crippen molar-refractivity contribution < 1.29 is 14.3 Å². The second kappa shape index (κ2) is 11.1. The molecular formula is C30H32N6O3. The van der Waals surface area contributed by atoms with Crippen LogP contribution in [0, 0.1) is 19.4 Å². The van der Waals surface area contributed by atoms with E-state index < -0.39 is 6.09 Å². The summed E-state index contributed by atoms with van der Waals surface area (Å²) >= 11 is 0. The van der Waals surface area contributed by atoms with Crippen LogP contribution >= 0.6 is 0 Å². The van der Waals surface area contributed by atoms with Crippen LogP contribution in [0.2, 0.25) is 0 Å². The van der Waals surface area contributed by atoms with E-state index in [0.717, 1.165) is 54.0 Å². The summed E-state index contributed by atoms with van der Waals surface area (Å²) in [6.07, 6.45) is 5.47. The summed E-state index contributed by atoms with van der Waals surface area (Å²) in [5.74, 6) is 0.899. The van der Waals surface area contributed by atoms with Gasteiger partial charge in [0.2, 0.25) is 5.65 Å². The Bertz CT molecular complexity index is 1540. The average molecular weight is 525 g/mol. The molecule has 1 aliphatic heterocycles. The van der Waals surface area contributed by atoms with Crippen LogP contribution in [-0.4, -0.2) is 66.3 Å². The number of aryl methyl sites for hydroxylation is 1. The van der Waals surface area contributed by atoms with Crippen molar-refractivity contribution in [3.8, 4) is 28.4 Å². The lowest BCUT2D eigenvalue weighted by atomic mass is 9.99. The second-order valence-corrected chi connectivity index (χ2v) is 10.0. The maximum atomic E-state index is 12.3. The monoisotopic (exact) mass is 524 g/mol. The highest BCUT2D eigenvalue weighted by Crippen LogP contribution is 2.37. The Labute approximate surface area is 228 Å². The lowest BCUT2D eigenvalue weighted by Gasteiger charge is -2.29. The molecule has 39 heavy (non-hydrogen) atoms. The molecule has 0 bridgehead atoms. The molecule has 0 unspecified atom stereocenters. The molecule has 1 fully saturated rings. The zero-order valence-electron chi connectivity index (χ0n) is 22.7. The van der Waals surface area contributed by atoms with Gasteiger partial charge in [-0.2, -0.15) is 0 Å². The van der Waals surface area contributed by atoms with Crippen LogP contribution in [0.25, 0.3) is 33.0 Å². The highest BCUT2D eigenvalue weighted by molar-refractivity contribution is 5.90. The first-order valence-electron chi connectivity index (χ1n) is 13.0. The molecule has 0 N–H and O–H groups in total. The van der Waals surface area contributed by atoms with Crippen LogP contribution in [0.3, 0.4) is 0 Å². The predicted molar refractivity (Wildman–Crippen MR) is 151 cm³/mol. The minimum Gasteiger partial charge on any atom is -0.475 e. The van der Waals surface area contributed by atoms with Gasteiger partial charge in [0, 0.05) is 37.5 Å². The quantitative estimate of drug-likeness (QED) is 0.295. The van der Waals surface area contributed by atoms with Crippen molar-refractivity contribution in [3.63, 3.8) is 0 Å². The van der Waals surface area contributed by atoms with Gasteiger partial charge in [-0.05, 0) is 50.6 Å². The second-order valence-electron chi connectivity index (χ2n) is 10.0. The van der Waals surface area contributed by atoms with Gasteiger partial charge >= 0.3 is 6.09 Å². The summed E-state index contributed by atoms with van der Waals surface area (Å²) in [7, 11) is 5.20. The third kappa shape index (κ3) is 5.29. The normalized spacial score (nSPS) is 15.6. The molecule has 0 saturated carbocycles. The van der Waals surface area contributed by atoms with E-state index in [2.05, 4.69) is 21.8 Å². The fourth-order valence-corrected chi connectivity index (χ4v) is 5.19. The van der Waals surface area contributed by atoms with Crippen LogP contribution in [0.5, 0.6) is 5.88 Å². The van der Waals surface area contributed by atoms with Crippen molar-refractivity contribution >= 4 is 23.1 Å². The Morgan fingerprint density at radius 3 is 2.69 bits per heavy atom. The summed E-state index contributed by atoms with van der Waals surface area (Å²) in [6, 6.07) is 13.3. The topological polar surface area (TPSA) is 76.6 Å². The van der Waals surface area contributed by atoms with Crippen LogP contribution in [-0.2, 0) is 4.74 Å². The lowest BCUT2D eigenvalue weighted by molar-refractivity contribution is 0.148. The molecule has 3 heterocycles. The summed E-state index contributed by atoms with van der Waals surface area (Å²) in [4.78, 5) is 29.3. The number of nitrogens with zero attached hydrogens (tertiary/aromatic N) is 6. The first-order valence-corrected chi connectivity index (χ1v) is 13.0. The molecule has 200 valence electrons. The van der Waals surface area contributed by atoms with E-state index in [-0.39, 0.29) is 0 Å². The van der Waals surface area contributed by atoms with E-state index in [1.54, 1.807) is 25.4 Å². The van der Waals surface area contributed by atoms with Crippen LogP contribution in [0.4, 0.5) is 16.2 Å². The molecule has 0 spiro atoms. The molecule has 0 radical (unpaired) electrons. The first-order chi connectivity index (χ1) is 18.9. The molecule has 0 aliphatic carbocycles. The number of hydrogen-bond acceptors (Lipinski definition) is 6. The Kier molecular flexibility index (Phi) is 7.48. The number of benzene rings is 2. The standard InChI is InChI=1S/C30H32N6O3/c1-20-8-9-23(17-25(20)35(4)30(37)38-5)27-26(22-10-12-24(31-2)13-11-22)33-29(28-32-14-16-36(27)28)39-19-21-7-6-15-34(3)18-21/h8-14,16-17,21H,6-7,15,18-19H2,1,3-5H3/t21-/m1/s1. The van der Waals surface area contributed by atoms with Crippen molar-refractivity contribution in [1.82, 2.24) is 19.3 Å². The number of carbonyl (C=O) groups excluding carboxylic acids is 1. The molecule has 1 amide bonds. The van der Waals surface area contributed by atoms with Crippen molar-refractivity contribution in [1.29, 1.82) is 0 Å². The van der Waals surface area contributed by atoms with Gasteiger partial charge in [0.05, 0.1) is 37.4 Å². The molecule has 2 aromatic heterocycles. The number of piperidine rings is 1. The maximum Gasteiger partial charge on any atom is 0.413 e. The van der Waals surface area contributed by atoms with Crippen molar-refractivity contribution in [3.05, 3.63) is 71.8 Å². The number of ether oxygens (including phenoxy) is 2. The maximum absolute atomic E-state index is 12.3. The van der Waals surface area contributed by atoms with Gasteiger partial charge in [0.25, 0.3) is 5.88 Å². The number of hydrogen-bond donors (Lipinski definition) is 0. The van der Waals surface area contributed by atoms with E-state index in [1.807, 2.05) is 47.9 Å². The Morgan fingerprint density at radius 2 is 1.97 bits per heavy atom. The SMILES string of the molecule is [C-]#[N+]c1ccc(-c2nc(OC[C@@H]3CCCN(C)C3)c3nccn3c2-c2ccc(C)c(N(C)C(=O)OC)c2)cc1. The van der Waals surface area contributed by atoms with Gasteiger partial charge in [0.1, 0.15) is 0 Å². The molecule has 9 nitrogen and oxygen atoms in total. The minimum absolute atomic E-state index is 0.426. The zero-order valence-corrected chi connectivity index (χ0v) is 22.7. The lowest BCUT2D eigenvalue weighted by Crippen LogP contribution is -2.34. The van der Waals surface area contributed by atoms with E-state index in [9.17, 15) is 4.79 Å². The molecule has 1 atom stereocenters. The molecule has 1 saturated heterocycles. The van der Waals surface area contributed by atoms with Crippen molar-refractivity contribution in [2.24, 2.45) is 5.92 Å². The fraction of sp³-hybridized carbons (Fsp3) is 0.333. The molecular weight excluding hydrogens is 492 g/mol. The molecule has 1 aliphatic rings. The number of carbonyl (C=O) groups is 1. The molecule has 4 aromatic rings. The highest BCUT2D eigenvalue weighted by atomic mass is 16.5. The summed E-state index contributed by atoms with van der Waals surface area (Å²) < 4.78 is 13.3. The van der Waals surface area contributed by atoms with Gasteiger partial charge in [-0.1, -0.05) is 36.4 Å². The minimum atomic E-state index is -0.451. The van der Waals surface area contributed by atoms with Crippen LogP contribution in [0.15, 0.2) is 54.9 Å². The molecule has 2 aromatic carbocycles. The number of anilines is 1. The third-order valence-corrected chi connectivity index (χ3v) is 7.25. The van der Waals surface area contributed by atoms with Crippen molar-refractivity contribution in [2.75, 3.05) is 45.8 Å².